The van der Waals surface area contributed by atoms with Crippen molar-refractivity contribution in [3.8, 4) is 5.75 Å². The Morgan fingerprint density at radius 1 is 1.28 bits per heavy atom. The summed E-state index contributed by atoms with van der Waals surface area (Å²) >= 11 is 3.50. The third-order valence-corrected chi connectivity index (χ3v) is 5.18. The third-order valence-electron chi connectivity index (χ3n) is 4.69. The summed E-state index contributed by atoms with van der Waals surface area (Å²) in [4.78, 5) is 19.5. The fourth-order valence-corrected chi connectivity index (χ4v) is 3.78. The Balaban J connectivity index is 1.45. The van der Waals surface area contributed by atoms with E-state index in [9.17, 15) is 9.90 Å². The van der Waals surface area contributed by atoms with Gasteiger partial charge in [-0.15, -0.1) is 0 Å². The number of carbonyl (C=O) groups excluding carboxylic acids is 1. The minimum Gasteiger partial charge on any atom is -0.508 e. The maximum absolute atomic E-state index is 12.7. The Kier molecular flexibility index (Phi) is 4.21. The molecule has 5 nitrogen and oxygen atoms in total. The quantitative estimate of drug-likeness (QED) is 0.829. The van der Waals surface area contributed by atoms with Gasteiger partial charge in [-0.1, -0.05) is 28.1 Å². The summed E-state index contributed by atoms with van der Waals surface area (Å²) < 4.78 is 1.03. The first-order chi connectivity index (χ1) is 12.1. The molecule has 1 atom stereocenters. The molecule has 0 spiro atoms. The first-order valence-electron chi connectivity index (χ1n) is 8.28. The predicted octanol–water partition coefficient (Wildman–Crippen LogP) is 3.48. The van der Waals surface area contributed by atoms with Gasteiger partial charge in [0.2, 0.25) is 5.91 Å². The first-order valence-corrected chi connectivity index (χ1v) is 9.08. The minimum absolute atomic E-state index is 0.0247. The molecule has 2 N–H and O–H groups in total. The molecular formula is C19H18BrN3O2. The van der Waals surface area contributed by atoms with Gasteiger partial charge in [0.15, 0.2) is 0 Å². The number of amides is 1. The summed E-state index contributed by atoms with van der Waals surface area (Å²) in [6.07, 6.45) is 1.61. The smallest absolute Gasteiger partial charge is 0.243 e. The molecule has 0 bridgehead atoms. The van der Waals surface area contributed by atoms with Gasteiger partial charge in [0.1, 0.15) is 17.6 Å². The van der Waals surface area contributed by atoms with Gasteiger partial charge in [-0.3, -0.25) is 4.79 Å². The number of carbonyl (C=O) groups is 1. The summed E-state index contributed by atoms with van der Waals surface area (Å²) in [6.45, 7) is 1.17. The zero-order valence-corrected chi connectivity index (χ0v) is 15.2. The number of rotatable bonds is 3. The van der Waals surface area contributed by atoms with E-state index in [1.807, 2.05) is 24.3 Å². The number of hydrogen-bond donors (Lipinski definition) is 2. The van der Waals surface area contributed by atoms with Crippen molar-refractivity contribution in [3.05, 3.63) is 58.1 Å². The normalized spacial score (nSPS) is 18.4. The molecule has 2 aromatic rings. The van der Waals surface area contributed by atoms with Crippen LogP contribution in [0.5, 0.6) is 5.75 Å². The largest absolute Gasteiger partial charge is 0.508 e. The van der Waals surface area contributed by atoms with Gasteiger partial charge in [-0.25, -0.2) is 4.99 Å². The Morgan fingerprint density at radius 2 is 2.08 bits per heavy atom. The zero-order chi connectivity index (χ0) is 17.4. The van der Waals surface area contributed by atoms with Crippen LogP contribution in [-0.2, 0) is 17.9 Å². The van der Waals surface area contributed by atoms with Crippen molar-refractivity contribution < 1.29 is 9.90 Å². The summed E-state index contributed by atoms with van der Waals surface area (Å²) in [5, 5.41) is 12.3. The minimum atomic E-state index is -0.178. The highest BCUT2D eigenvalue weighted by molar-refractivity contribution is 9.10. The average molecular weight is 400 g/mol. The number of aliphatic imine (C=N–C) groups is 1. The van der Waals surface area contributed by atoms with Crippen LogP contribution in [0.4, 0.5) is 5.69 Å². The lowest BCUT2D eigenvalue weighted by Gasteiger charge is -2.30. The van der Waals surface area contributed by atoms with Gasteiger partial charge in [0.25, 0.3) is 0 Å². The second-order valence-corrected chi connectivity index (χ2v) is 7.28. The monoisotopic (exact) mass is 399 g/mol. The van der Waals surface area contributed by atoms with Crippen molar-refractivity contribution in [1.29, 1.82) is 0 Å². The highest BCUT2D eigenvalue weighted by Crippen LogP contribution is 2.34. The van der Waals surface area contributed by atoms with Gasteiger partial charge in [0, 0.05) is 24.0 Å². The Labute approximate surface area is 154 Å². The SMILES string of the molecule is O=C(NCc1ccc(O)cc1)[C@@H]1CCC2=Nc3ccc(Br)cc3CN21. The van der Waals surface area contributed by atoms with E-state index >= 15 is 0 Å². The van der Waals surface area contributed by atoms with Crippen molar-refractivity contribution in [2.24, 2.45) is 4.99 Å². The Hall–Kier alpha value is -2.34. The first kappa shape index (κ1) is 16.1. The van der Waals surface area contributed by atoms with Crippen LogP contribution in [0, 0.1) is 0 Å². The molecule has 2 heterocycles. The highest BCUT2D eigenvalue weighted by atomic mass is 79.9. The maximum atomic E-state index is 12.7. The van der Waals surface area contributed by atoms with Gasteiger partial charge >= 0.3 is 0 Å². The Morgan fingerprint density at radius 3 is 2.88 bits per heavy atom. The number of hydrogen-bond acceptors (Lipinski definition) is 4. The molecule has 2 aliphatic rings. The molecule has 2 aromatic carbocycles. The molecule has 25 heavy (non-hydrogen) atoms. The van der Waals surface area contributed by atoms with Crippen LogP contribution in [0.1, 0.15) is 24.0 Å². The molecule has 1 fully saturated rings. The summed E-state index contributed by atoms with van der Waals surface area (Å²) in [6, 6.07) is 12.8. The standard InChI is InChI=1S/C19H18BrN3O2/c20-14-3-6-16-13(9-14)11-23-17(7-8-18(23)22-16)19(25)21-10-12-1-4-15(24)5-2-12/h1-6,9,17,24H,7-8,10-11H2,(H,21,25)/t17-/m0/s1. The molecule has 0 aromatic heterocycles. The molecule has 1 saturated heterocycles. The number of aromatic hydroxyl groups is 1. The number of benzene rings is 2. The summed E-state index contributed by atoms with van der Waals surface area (Å²) in [5.41, 5.74) is 3.10. The number of nitrogens with zero attached hydrogens (tertiary/aromatic N) is 2. The van der Waals surface area contributed by atoms with E-state index in [1.54, 1.807) is 12.1 Å². The molecule has 6 heteroatoms. The lowest BCUT2D eigenvalue weighted by atomic mass is 10.1. The summed E-state index contributed by atoms with van der Waals surface area (Å²) in [7, 11) is 0. The predicted molar refractivity (Wildman–Crippen MR) is 99.8 cm³/mol. The topological polar surface area (TPSA) is 64.9 Å². The molecule has 4 rings (SSSR count). The third kappa shape index (κ3) is 3.26. The average Bonchev–Trinajstić information content (AvgIpc) is 3.02. The van der Waals surface area contributed by atoms with Crippen LogP contribution in [-0.4, -0.2) is 27.8 Å². The maximum Gasteiger partial charge on any atom is 0.243 e. The number of halogens is 1. The van der Waals surface area contributed by atoms with Crippen molar-refractivity contribution in [2.45, 2.75) is 32.0 Å². The number of fused-ring (bicyclic) bond motifs is 2. The van der Waals surface area contributed by atoms with E-state index in [0.717, 1.165) is 40.0 Å². The van der Waals surface area contributed by atoms with E-state index in [4.69, 9.17) is 4.99 Å². The molecule has 0 unspecified atom stereocenters. The van der Waals surface area contributed by atoms with Crippen LogP contribution in [0.3, 0.4) is 0 Å². The molecule has 128 valence electrons. The Bertz CT molecular complexity index is 848. The van der Waals surface area contributed by atoms with Crippen LogP contribution in [0.15, 0.2) is 51.9 Å². The lowest BCUT2D eigenvalue weighted by molar-refractivity contribution is -0.125. The van der Waals surface area contributed by atoms with Crippen LogP contribution >= 0.6 is 15.9 Å². The van der Waals surface area contributed by atoms with Crippen LogP contribution in [0.25, 0.3) is 0 Å². The number of amidine groups is 1. The van der Waals surface area contributed by atoms with E-state index in [-0.39, 0.29) is 17.7 Å². The molecule has 0 aliphatic carbocycles. The van der Waals surface area contributed by atoms with E-state index in [2.05, 4.69) is 32.2 Å². The fraction of sp³-hybridized carbons (Fsp3) is 0.263. The molecular weight excluding hydrogens is 382 g/mol. The van der Waals surface area contributed by atoms with Crippen molar-refractivity contribution in [2.75, 3.05) is 0 Å². The molecule has 2 aliphatic heterocycles. The van der Waals surface area contributed by atoms with Crippen LogP contribution in [0.2, 0.25) is 0 Å². The van der Waals surface area contributed by atoms with E-state index in [1.165, 1.54) is 0 Å². The van der Waals surface area contributed by atoms with Crippen LogP contribution < -0.4 is 5.32 Å². The van der Waals surface area contributed by atoms with Gasteiger partial charge in [-0.05, 0) is 47.9 Å². The number of nitrogens with one attached hydrogen (secondary N) is 1. The van der Waals surface area contributed by atoms with Gasteiger partial charge in [-0.2, -0.15) is 0 Å². The van der Waals surface area contributed by atoms with E-state index in [0.29, 0.717) is 13.1 Å². The highest BCUT2D eigenvalue weighted by Gasteiger charge is 2.36. The van der Waals surface area contributed by atoms with Crippen molar-refractivity contribution in [1.82, 2.24) is 10.2 Å². The molecule has 0 saturated carbocycles. The summed E-state index contributed by atoms with van der Waals surface area (Å²) in [5.74, 6) is 1.25. The second kappa shape index (κ2) is 6.52. The van der Waals surface area contributed by atoms with Crippen molar-refractivity contribution in [3.63, 3.8) is 0 Å². The second-order valence-electron chi connectivity index (χ2n) is 6.37. The van der Waals surface area contributed by atoms with Crippen molar-refractivity contribution >= 4 is 33.4 Å². The molecule has 0 radical (unpaired) electrons. The lowest BCUT2D eigenvalue weighted by Crippen LogP contribution is -2.44. The van der Waals surface area contributed by atoms with Gasteiger partial charge in [0.05, 0.1) is 5.69 Å². The zero-order valence-electron chi connectivity index (χ0n) is 13.6. The fourth-order valence-electron chi connectivity index (χ4n) is 3.37. The number of phenolic OH excluding ortho intramolecular Hbond substituents is 1. The molecule has 1 amide bonds. The van der Waals surface area contributed by atoms with Gasteiger partial charge < -0.3 is 15.3 Å². The number of phenols is 1. The van der Waals surface area contributed by atoms with E-state index < -0.39 is 0 Å².